The molecule has 1 aromatic carbocycles. The van der Waals surface area contributed by atoms with E-state index in [4.69, 9.17) is 32.8 Å². The molecule has 0 radical (unpaired) electrons. The van der Waals surface area contributed by atoms with Crippen molar-refractivity contribution < 1.29 is 9.57 Å². The van der Waals surface area contributed by atoms with Crippen LogP contribution < -0.4 is 10.2 Å². The molecule has 0 saturated carbocycles. The van der Waals surface area contributed by atoms with Crippen LogP contribution in [0.25, 0.3) is 0 Å². The lowest BCUT2D eigenvalue weighted by Crippen LogP contribution is -2.20. The van der Waals surface area contributed by atoms with Gasteiger partial charge in [-0.05, 0) is 12.1 Å². The lowest BCUT2D eigenvalue weighted by atomic mass is 10.1. The number of fused-ring (bicyclic) bond motifs is 1. The third kappa shape index (κ3) is 1.68. The van der Waals surface area contributed by atoms with E-state index in [0.717, 1.165) is 5.56 Å². The monoisotopic (exact) mass is 233 g/mol. The molecule has 0 bridgehead atoms. The fourth-order valence-corrected chi connectivity index (χ4v) is 2.05. The Morgan fingerprint density at radius 1 is 1.50 bits per heavy atom. The number of benzene rings is 1. The van der Waals surface area contributed by atoms with E-state index < -0.39 is 0 Å². The molecular formula is C9H9Cl2NO2. The van der Waals surface area contributed by atoms with Crippen LogP contribution in [-0.4, -0.2) is 13.7 Å². The van der Waals surface area contributed by atoms with E-state index in [1.165, 1.54) is 0 Å². The Hall–Kier alpha value is -0.480. The van der Waals surface area contributed by atoms with E-state index in [1.807, 2.05) is 6.07 Å². The van der Waals surface area contributed by atoms with Crippen LogP contribution in [0.2, 0.25) is 10.0 Å². The molecule has 2 rings (SSSR count). The Morgan fingerprint density at radius 2 is 2.29 bits per heavy atom. The smallest absolute Gasteiger partial charge is 0.143 e. The molecule has 14 heavy (non-hydrogen) atoms. The molecule has 0 aliphatic carbocycles. The van der Waals surface area contributed by atoms with Crippen LogP contribution in [0.5, 0.6) is 5.75 Å². The van der Waals surface area contributed by atoms with Crippen molar-refractivity contribution in [1.29, 1.82) is 0 Å². The van der Waals surface area contributed by atoms with Gasteiger partial charge in [0, 0.05) is 10.6 Å². The number of nitrogens with one attached hydrogen (secondary N) is 1. The number of hydrogen-bond donors (Lipinski definition) is 1. The summed E-state index contributed by atoms with van der Waals surface area (Å²) in [5.74, 6) is 0.686. The van der Waals surface area contributed by atoms with Gasteiger partial charge in [-0.25, -0.2) is 0 Å². The Kier molecular flexibility index (Phi) is 2.83. The molecule has 5 heteroatoms. The van der Waals surface area contributed by atoms with Gasteiger partial charge in [-0.1, -0.05) is 23.2 Å². The van der Waals surface area contributed by atoms with E-state index in [1.54, 1.807) is 13.2 Å². The van der Waals surface area contributed by atoms with Crippen molar-refractivity contribution >= 4 is 23.2 Å². The van der Waals surface area contributed by atoms with Crippen molar-refractivity contribution in [2.45, 2.75) is 6.04 Å². The Morgan fingerprint density at radius 3 is 3.00 bits per heavy atom. The van der Waals surface area contributed by atoms with Crippen LogP contribution in [0.15, 0.2) is 12.1 Å². The average molecular weight is 234 g/mol. The second kappa shape index (κ2) is 3.95. The summed E-state index contributed by atoms with van der Waals surface area (Å²) < 4.78 is 5.42. The van der Waals surface area contributed by atoms with Gasteiger partial charge in [-0.2, -0.15) is 5.48 Å². The lowest BCUT2D eigenvalue weighted by molar-refractivity contribution is 0.0536. The summed E-state index contributed by atoms with van der Waals surface area (Å²) in [6.07, 6.45) is 0. The van der Waals surface area contributed by atoms with E-state index >= 15 is 0 Å². The van der Waals surface area contributed by atoms with Gasteiger partial charge in [0.2, 0.25) is 0 Å². The van der Waals surface area contributed by atoms with Gasteiger partial charge in [-0.3, -0.25) is 0 Å². The highest BCUT2D eigenvalue weighted by atomic mass is 35.5. The minimum Gasteiger partial charge on any atom is -0.490 e. The normalized spacial score (nSPS) is 19.2. The zero-order chi connectivity index (χ0) is 10.1. The Labute approximate surface area is 91.9 Å². The maximum atomic E-state index is 5.96. The van der Waals surface area contributed by atoms with Crippen molar-refractivity contribution in [2.24, 2.45) is 0 Å². The molecule has 3 nitrogen and oxygen atoms in total. The zero-order valence-corrected chi connectivity index (χ0v) is 9.02. The Balaban J connectivity index is 2.38. The second-order valence-corrected chi connectivity index (χ2v) is 3.84. The maximum absolute atomic E-state index is 5.96. The molecule has 0 saturated heterocycles. The van der Waals surface area contributed by atoms with Crippen LogP contribution in [0.4, 0.5) is 0 Å². The number of hydroxylamine groups is 1. The topological polar surface area (TPSA) is 30.5 Å². The highest BCUT2D eigenvalue weighted by molar-refractivity contribution is 6.35. The van der Waals surface area contributed by atoms with Gasteiger partial charge in [0.15, 0.2) is 0 Å². The Bertz CT molecular complexity index is 357. The molecule has 1 atom stereocenters. The van der Waals surface area contributed by atoms with Gasteiger partial charge < -0.3 is 9.57 Å². The first kappa shape index (κ1) is 10.1. The van der Waals surface area contributed by atoms with Gasteiger partial charge in [0.25, 0.3) is 0 Å². The summed E-state index contributed by atoms with van der Waals surface area (Å²) in [5, 5.41) is 1.13. The highest BCUT2D eigenvalue weighted by Crippen LogP contribution is 2.40. The minimum absolute atomic E-state index is 0.00815. The summed E-state index contributed by atoms with van der Waals surface area (Å²) in [6, 6.07) is 3.48. The molecule has 1 aliphatic rings. The molecular weight excluding hydrogens is 225 g/mol. The van der Waals surface area contributed by atoms with Gasteiger partial charge in [0.1, 0.15) is 12.4 Å². The molecule has 0 aromatic heterocycles. The number of ether oxygens (including phenoxy) is 1. The van der Waals surface area contributed by atoms with Crippen LogP contribution in [-0.2, 0) is 4.84 Å². The predicted molar refractivity (Wildman–Crippen MR) is 54.8 cm³/mol. The summed E-state index contributed by atoms with van der Waals surface area (Å²) in [6.45, 7) is 0.503. The third-order valence-corrected chi connectivity index (χ3v) is 2.57. The van der Waals surface area contributed by atoms with Gasteiger partial charge in [-0.15, -0.1) is 0 Å². The number of halogens is 2. The molecule has 1 aliphatic heterocycles. The van der Waals surface area contributed by atoms with Crippen LogP contribution in [0.1, 0.15) is 11.6 Å². The van der Waals surface area contributed by atoms with E-state index in [9.17, 15) is 0 Å². The molecule has 76 valence electrons. The minimum atomic E-state index is -0.00815. The average Bonchev–Trinajstić information content (AvgIpc) is 2.49. The SMILES string of the molecule is CONC1COc2c(Cl)cc(Cl)cc21. The fourth-order valence-electron chi connectivity index (χ4n) is 1.49. The molecule has 0 fully saturated rings. The zero-order valence-electron chi connectivity index (χ0n) is 7.51. The number of rotatable bonds is 2. The van der Waals surface area contributed by atoms with E-state index in [2.05, 4.69) is 5.48 Å². The van der Waals surface area contributed by atoms with Crippen molar-refractivity contribution in [3.8, 4) is 5.75 Å². The van der Waals surface area contributed by atoms with Crippen molar-refractivity contribution in [3.05, 3.63) is 27.7 Å². The standard InChI is InChI=1S/C9H9Cl2NO2/c1-13-12-8-4-14-9-6(8)2-5(10)3-7(9)11/h2-3,8,12H,4H2,1H3. The lowest BCUT2D eigenvalue weighted by Gasteiger charge is -2.08. The van der Waals surface area contributed by atoms with E-state index in [-0.39, 0.29) is 6.04 Å². The fraction of sp³-hybridized carbons (Fsp3) is 0.333. The highest BCUT2D eigenvalue weighted by Gasteiger charge is 2.26. The summed E-state index contributed by atoms with van der Waals surface area (Å²) in [4.78, 5) is 4.85. The maximum Gasteiger partial charge on any atom is 0.143 e. The van der Waals surface area contributed by atoms with E-state index in [0.29, 0.717) is 22.4 Å². The first-order valence-electron chi connectivity index (χ1n) is 4.12. The molecule has 0 spiro atoms. The summed E-state index contributed by atoms with van der Waals surface area (Å²) in [7, 11) is 1.56. The molecule has 1 N–H and O–H groups in total. The molecule has 1 unspecified atom stereocenters. The summed E-state index contributed by atoms with van der Waals surface area (Å²) in [5.41, 5.74) is 3.75. The molecule has 0 amide bonds. The van der Waals surface area contributed by atoms with Crippen LogP contribution in [0.3, 0.4) is 0 Å². The van der Waals surface area contributed by atoms with Gasteiger partial charge >= 0.3 is 0 Å². The molecule has 1 aromatic rings. The third-order valence-electron chi connectivity index (χ3n) is 2.07. The number of hydrogen-bond acceptors (Lipinski definition) is 3. The first-order chi connectivity index (χ1) is 6.72. The van der Waals surface area contributed by atoms with Crippen LogP contribution >= 0.6 is 23.2 Å². The summed E-state index contributed by atoms with van der Waals surface area (Å²) >= 11 is 11.8. The quantitative estimate of drug-likeness (QED) is 0.797. The van der Waals surface area contributed by atoms with Crippen molar-refractivity contribution in [3.63, 3.8) is 0 Å². The second-order valence-electron chi connectivity index (χ2n) is 2.99. The van der Waals surface area contributed by atoms with Crippen molar-refractivity contribution in [1.82, 2.24) is 5.48 Å². The van der Waals surface area contributed by atoms with Crippen molar-refractivity contribution in [2.75, 3.05) is 13.7 Å². The van der Waals surface area contributed by atoms with Gasteiger partial charge in [0.05, 0.1) is 18.2 Å². The van der Waals surface area contributed by atoms with Crippen LogP contribution in [0, 0.1) is 0 Å². The molecule has 1 heterocycles. The predicted octanol–water partition coefficient (Wildman–Crippen LogP) is 2.58. The largest absolute Gasteiger partial charge is 0.490 e. The first-order valence-corrected chi connectivity index (χ1v) is 4.88.